The van der Waals surface area contributed by atoms with Crippen LogP contribution in [0.15, 0.2) is 24.3 Å². The minimum atomic E-state index is -0.757. The smallest absolute Gasteiger partial charge is 0.303 e. The first kappa shape index (κ1) is 18.2. The van der Waals surface area contributed by atoms with Gasteiger partial charge >= 0.3 is 5.97 Å². The number of aryl methyl sites for hydroxylation is 1. The molecule has 0 radical (unpaired) electrons. The number of benzene rings is 1. The first-order chi connectivity index (χ1) is 10.5. The van der Waals surface area contributed by atoms with Crippen molar-refractivity contribution in [2.24, 2.45) is 0 Å². The second kappa shape index (κ2) is 9.98. The molecule has 0 saturated carbocycles. The summed E-state index contributed by atoms with van der Waals surface area (Å²) in [5, 5.41) is 11.5. The van der Waals surface area contributed by atoms with Crippen molar-refractivity contribution < 1.29 is 14.7 Å². The molecule has 0 aliphatic rings. The van der Waals surface area contributed by atoms with Gasteiger partial charge in [0.25, 0.3) is 0 Å². The van der Waals surface area contributed by atoms with Gasteiger partial charge in [-0.1, -0.05) is 43.2 Å². The van der Waals surface area contributed by atoms with Crippen LogP contribution in [-0.4, -0.2) is 23.5 Å². The van der Waals surface area contributed by atoms with Crippen molar-refractivity contribution in [3.05, 3.63) is 35.4 Å². The van der Waals surface area contributed by atoms with Crippen LogP contribution in [0.3, 0.4) is 0 Å². The molecular formula is C18H27NO3. The highest BCUT2D eigenvalue weighted by Crippen LogP contribution is 2.23. The van der Waals surface area contributed by atoms with Gasteiger partial charge in [-0.2, -0.15) is 0 Å². The molecular weight excluding hydrogens is 278 g/mol. The molecule has 0 heterocycles. The lowest BCUT2D eigenvalue weighted by Gasteiger charge is -2.15. The molecule has 0 aromatic heterocycles. The standard InChI is InChI=1S/C18H27NO3/c1-3-15(16-10-8-14(2)9-11-16)13-17(20)19-12-6-4-5-7-18(21)22/h8-11,15H,3-7,12-13H2,1-2H3,(H,19,20)(H,21,22). The fourth-order valence-corrected chi connectivity index (χ4v) is 2.44. The maximum absolute atomic E-state index is 12.0. The van der Waals surface area contributed by atoms with Gasteiger partial charge in [-0.15, -0.1) is 0 Å². The van der Waals surface area contributed by atoms with Crippen LogP contribution < -0.4 is 5.32 Å². The van der Waals surface area contributed by atoms with Gasteiger partial charge in [-0.05, 0) is 37.7 Å². The van der Waals surface area contributed by atoms with Crippen molar-refractivity contribution in [3.63, 3.8) is 0 Å². The molecule has 4 heteroatoms. The average molecular weight is 305 g/mol. The molecule has 1 atom stereocenters. The SMILES string of the molecule is CCC(CC(=O)NCCCCCC(=O)O)c1ccc(C)cc1. The number of carboxylic acids is 1. The van der Waals surface area contributed by atoms with E-state index in [1.165, 1.54) is 11.1 Å². The summed E-state index contributed by atoms with van der Waals surface area (Å²) in [7, 11) is 0. The Morgan fingerprint density at radius 3 is 2.41 bits per heavy atom. The molecule has 0 aliphatic heterocycles. The number of hydrogen-bond donors (Lipinski definition) is 2. The second-order valence-corrected chi connectivity index (χ2v) is 5.77. The Labute approximate surface area is 132 Å². The van der Waals surface area contributed by atoms with Crippen molar-refractivity contribution >= 4 is 11.9 Å². The number of hydrogen-bond acceptors (Lipinski definition) is 2. The number of aliphatic carboxylic acids is 1. The van der Waals surface area contributed by atoms with Crippen LogP contribution in [0.5, 0.6) is 0 Å². The number of amides is 1. The van der Waals surface area contributed by atoms with E-state index in [0.717, 1.165) is 19.3 Å². The fraction of sp³-hybridized carbons (Fsp3) is 0.556. The lowest BCUT2D eigenvalue weighted by atomic mass is 9.92. The van der Waals surface area contributed by atoms with E-state index in [4.69, 9.17) is 5.11 Å². The lowest BCUT2D eigenvalue weighted by Crippen LogP contribution is -2.26. The third-order valence-corrected chi connectivity index (χ3v) is 3.86. The van der Waals surface area contributed by atoms with Gasteiger partial charge in [0.05, 0.1) is 0 Å². The summed E-state index contributed by atoms with van der Waals surface area (Å²) in [4.78, 5) is 22.4. The Hall–Kier alpha value is -1.84. The van der Waals surface area contributed by atoms with Gasteiger partial charge in [0, 0.05) is 19.4 Å². The van der Waals surface area contributed by atoms with Crippen molar-refractivity contribution in [1.29, 1.82) is 0 Å². The monoisotopic (exact) mass is 305 g/mol. The average Bonchev–Trinajstić information content (AvgIpc) is 2.49. The molecule has 1 rings (SSSR count). The summed E-state index contributed by atoms with van der Waals surface area (Å²) in [6.45, 7) is 4.79. The number of carbonyl (C=O) groups is 2. The van der Waals surface area contributed by atoms with Crippen LogP contribution in [0.4, 0.5) is 0 Å². The molecule has 4 nitrogen and oxygen atoms in total. The summed E-state index contributed by atoms with van der Waals surface area (Å²) in [5.74, 6) is -0.425. The Balaban J connectivity index is 2.27. The highest BCUT2D eigenvalue weighted by Gasteiger charge is 2.13. The molecule has 1 aromatic carbocycles. The van der Waals surface area contributed by atoms with Gasteiger partial charge in [0.15, 0.2) is 0 Å². The summed E-state index contributed by atoms with van der Waals surface area (Å²) < 4.78 is 0. The zero-order valence-electron chi connectivity index (χ0n) is 13.6. The Morgan fingerprint density at radius 2 is 1.82 bits per heavy atom. The first-order valence-corrected chi connectivity index (χ1v) is 8.08. The minimum Gasteiger partial charge on any atom is -0.481 e. The summed E-state index contributed by atoms with van der Waals surface area (Å²) in [6.07, 6.45) is 4.00. The van der Waals surface area contributed by atoms with E-state index in [1.54, 1.807) is 0 Å². The maximum atomic E-state index is 12.0. The van der Waals surface area contributed by atoms with Crippen LogP contribution >= 0.6 is 0 Å². The van der Waals surface area contributed by atoms with Gasteiger partial charge in [0.2, 0.25) is 5.91 Å². The first-order valence-electron chi connectivity index (χ1n) is 8.08. The van der Waals surface area contributed by atoms with Gasteiger partial charge in [-0.25, -0.2) is 0 Å². The molecule has 0 aliphatic carbocycles. The number of carboxylic acid groups (broad SMARTS) is 1. The van der Waals surface area contributed by atoms with E-state index < -0.39 is 5.97 Å². The number of nitrogens with one attached hydrogen (secondary N) is 1. The van der Waals surface area contributed by atoms with Crippen LogP contribution in [0.25, 0.3) is 0 Å². The van der Waals surface area contributed by atoms with Crippen molar-refractivity contribution in [3.8, 4) is 0 Å². The lowest BCUT2D eigenvalue weighted by molar-refractivity contribution is -0.137. The number of rotatable bonds is 10. The topological polar surface area (TPSA) is 66.4 Å². The fourth-order valence-electron chi connectivity index (χ4n) is 2.44. The van der Waals surface area contributed by atoms with E-state index in [-0.39, 0.29) is 18.2 Å². The Kier molecular flexibility index (Phi) is 8.26. The maximum Gasteiger partial charge on any atom is 0.303 e. The van der Waals surface area contributed by atoms with Crippen LogP contribution in [0.2, 0.25) is 0 Å². The van der Waals surface area contributed by atoms with E-state index in [9.17, 15) is 9.59 Å². The van der Waals surface area contributed by atoms with E-state index in [1.807, 2.05) is 0 Å². The zero-order chi connectivity index (χ0) is 16.4. The molecule has 1 unspecified atom stereocenters. The molecule has 1 aromatic rings. The van der Waals surface area contributed by atoms with Crippen molar-refractivity contribution in [1.82, 2.24) is 5.32 Å². The third-order valence-electron chi connectivity index (χ3n) is 3.86. The van der Waals surface area contributed by atoms with E-state index in [0.29, 0.717) is 19.4 Å². The van der Waals surface area contributed by atoms with Crippen molar-refractivity contribution in [2.45, 2.75) is 58.3 Å². The van der Waals surface area contributed by atoms with Crippen LogP contribution in [0.1, 0.15) is 62.5 Å². The van der Waals surface area contributed by atoms with E-state index >= 15 is 0 Å². The summed E-state index contributed by atoms with van der Waals surface area (Å²) in [6, 6.07) is 8.36. The molecule has 122 valence electrons. The quantitative estimate of drug-likeness (QED) is 0.649. The minimum absolute atomic E-state index is 0.0747. The zero-order valence-corrected chi connectivity index (χ0v) is 13.6. The molecule has 1 amide bonds. The van der Waals surface area contributed by atoms with Crippen LogP contribution in [0, 0.1) is 6.92 Å². The highest BCUT2D eigenvalue weighted by molar-refractivity contribution is 5.76. The third kappa shape index (κ3) is 7.25. The molecule has 2 N–H and O–H groups in total. The molecule has 0 bridgehead atoms. The normalized spacial score (nSPS) is 11.9. The second-order valence-electron chi connectivity index (χ2n) is 5.77. The number of carbonyl (C=O) groups excluding carboxylic acids is 1. The predicted octanol–water partition coefficient (Wildman–Crippen LogP) is 3.64. The van der Waals surface area contributed by atoms with Gasteiger partial charge in [0.1, 0.15) is 0 Å². The molecule has 0 fully saturated rings. The molecule has 22 heavy (non-hydrogen) atoms. The Bertz CT molecular complexity index is 468. The van der Waals surface area contributed by atoms with Gasteiger partial charge < -0.3 is 10.4 Å². The predicted molar refractivity (Wildman–Crippen MR) is 87.9 cm³/mol. The largest absolute Gasteiger partial charge is 0.481 e. The Morgan fingerprint density at radius 1 is 1.14 bits per heavy atom. The van der Waals surface area contributed by atoms with Gasteiger partial charge in [-0.3, -0.25) is 9.59 Å². The van der Waals surface area contributed by atoms with Crippen LogP contribution in [-0.2, 0) is 9.59 Å². The summed E-state index contributed by atoms with van der Waals surface area (Å²) in [5.41, 5.74) is 2.44. The molecule has 0 saturated heterocycles. The van der Waals surface area contributed by atoms with Crippen molar-refractivity contribution in [2.75, 3.05) is 6.54 Å². The highest BCUT2D eigenvalue weighted by atomic mass is 16.4. The number of unbranched alkanes of at least 4 members (excludes halogenated alkanes) is 2. The summed E-state index contributed by atoms with van der Waals surface area (Å²) >= 11 is 0. The molecule has 0 spiro atoms. The van der Waals surface area contributed by atoms with E-state index in [2.05, 4.69) is 43.4 Å².